The van der Waals surface area contributed by atoms with Crippen molar-refractivity contribution < 1.29 is 0 Å². The first kappa shape index (κ1) is 34.7. The van der Waals surface area contributed by atoms with Gasteiger partial charge in [-0.25, -0.2) is 0 Å². The minimum atomic E-state index is 1.10. The molecule has 0 saturated carbocycles. The molecule has 12 bridgehead atoms. The van der Waals surface area contributed by atoms with Gasteiger partial charge in [-0.2, -0.15) is 68.0 Å². The van der Waals surface area contributed by atoms with Crippen LogP contribution in [0.1, 0.15) is 0 Å². The number of H-pyrrole nitrogens is 6. The molecule has 13 heterocycles. The highest BCUT2D eigenvalue weighted by Gasteiger charge is 2.21. The van der Waals surface area contributed by atoms with Crippen LogP contribution < -0.4 is 0 Å². The van der Waals surface area contributed by atoms with E-state index in [0.717, 1.165) is 68.3 Å². The third-order valence-corrected chi connectivity index (χ3v) is 16.0. The van der Waals surface area contributed by atoms with Crippen LogP contribution in [-0.4, -0.2) is 29.9 Å². The van der Waals surface area contributed by atoms with Crippen LogP contribution in [0.5, 0.6) is 0 Å². The van der Waals surface area contributed by atoms with Gasteiger partial charge in [0.1, 0.15) is 0 Å². The average molecular weight is 883 g/mol. The maximum Gasteiger partial charge on any atom is 0.0474 e. The Morgan fingerprint density at radius 3 is 0.367 bits per heavy atom. The maximum atomic E-state index is 3.79. The number of aromatic nitrogens is 6. The SMILES string of the molecule is c1cc2[nH]c1-c1cscc1-c1ccc([nH]1)-c1cscc1-c1ccc([nH]1)-c1cscc1-c1ccc([nH]1)-c1cscc1-c1ccc([nH]1)-c1cscc1-c1ccc([nH]1)-c1cscc1-2. The lowest BCUT2D eigenvalue weighted by atomic mass is 10.1. The topological polar surface area (TPSA) is 94.7 Å². The molecule has 0 saturated heterocycles. The molecule has 0 amide bonds. The Kier molecular flexibility index (Phi) is 7.93. The summed E-state index contributed by atoms with van der Waals surface area (Å²) in [5, 5.41) is 26.9. The lowest BCUT2D eigenvalue weighted by Crippen LogP contribution is -1.85. The second-order valence-corrected chi connectivity index (χ2v) is 19.4. The normalized spacial score (nSPS) is 12.0. The van der Waals surface area contributed by atoms with Gasteiger partial charge >= 0.3 is 0 Å². The molecule has 12 aromatic heterocycles. The van der Waals surface area contributed by atoms with E-state index in [9.17, 15) is 0 Å². The molecule has 0 aliphatic carbocycles. The van der Waals surface area contributed by atoms with Crippen molar-refractivity contribution in [2.24, 2.45) is 0 Å². The number of aromatic amines is 6. The van der Waals surface area contributed by atoms with Gasteiger partial charge in [-0.3, -0.25) is 0 Å². The first-order valence-corrected chi connectivity index (χ1v) is 24.9. The molecule has 0 radical (unpaired) electrons. The largest absolute Gasteiger partial charge is 0.354 e. The van der Waals surface area contributed by atoms with E-state index in [-0.39, 0.29) is 0 Å². The zero-order valence-electron chi connectivity index (χ0n) is 31.3. The van der Waals surface area contributed by atoms with Crippen LogP contribution in [0.3, 0.4) is 0 Å². The van der Waals surface area contributed by atoms with Crippen molar-refractivity contribution in [1.82, 2.24) is 29.9 Å². The zero-order chi connectivity index (χ0) is 39.3. The van der Waals surface area contributed by atoms with E-state index in [4.69, 9.17) is 0 Å². The zero-order valence-corrected chi connectivity index (χ0v) is 36.2. The van der Waals surface area contributed by atoms with Crippen molar-refractivity contribution in [3.8, 4) is 135 Å². The fraction of sp³-hybridized carbons (Fsp3) is 0. The quantitative estimate of drug-likeness (QED) is 0.0875. The highest BCUT2D eigenvalue weighted by atomic mass is 32.1. The number of hydrogen-bond acceptors (Lipinski definition) is 6. The smallest absolute Gasteiger partial charge is 0.0474 e. The number of fused-ring (bicyclic) bond motifs is 30. The molecular weight excluding hydrogens is 853 g/mol. The van der Waals surface area contributed by atoms with Gasteiger partial charge in [0.2, 0.25) is 0 Å². The van der Waals surface area contributed by atoms with Crippen LogP contribution >= 0.6 is 68.0 Å². The van der Waals surface area contributed by atoms with Crippen molar-refractivity contribution in [3.63, 3.8) is 0 Å². The molecule has 1 aliphatic heterocycles. The van der Waals surface area contributed by atoms with Gasteiger partial charge in [0.05, 0.1) is 0 Å². The Morgan fingerprint density at radius 1 is 0.167 bits per heavy atom. The fourth-order valence-corrected chi connectivity index (χ4v) is 13.6. The second kappa shape index (κ2) is 13.7. The minimum Gasteiger partial charge on any atom is -0.354 e. The number of thiophene rings is 6. The van der Waals surface area contributed by atoms with E-state index in [2.05, 4.69) is 167 Å². The van der Waals surface area contributed by atoms with Crippen LogP contribution in [0.4, 0.5) is 0 Å². The number of rotatable bonds is 0. The Hall–Kier alpha value is -6.12. The van der Waals surface area contributed by atoms with Crippen molar-refractivity contribution in [1.29, 1.82) is 0 Å². The molecule has 13 rings (SSSR count). The molecule has 12 heteroatoms. The summed E-state index contributed by atoms with van der Waals surface area (Å²) < 4.78 is 0. The van der Waals surface area contributed by atoms with Gasteiger partial charge in [0.25, 0.3) is 0 Å². The highest BCUT2D eigenvalue weighted by Crippen LogP contribution is 2.45. The molecule has 0 fully saturated rings. The van der Waals surface area contributed by atoms with E-state index in [1.807, 2.05) is 0 Å². The Morgan fingerprint density at radius 2 is 0.267 bits per heavy atom. The average Bonchev–Trinajstić information content (AvgIpc) is 4.09. The van der Waals surface area contributed by atoms with Gasteiger partial charge in [-0.15, -0.1) is 0 Å². The third kappa shape index (κ3) is 5.53. The van der Waals surface area contributed by atoms with Crippen molar-refractivity contribution in [2.75, 3.05) is 0 Å². The van der Waals surface area contributed by atoms with E-state index in [1.54, 1.807) is 68.0 Å². The van der Waals surface area contributed by atoms with Crippen molar-refractivity contribution >= 4 is 68.0 Å². The monoisotopic (exact) mass is 882 g/mol. The molecule has 60 heavy (non-hydrogen) atoms. The highest BCUT2D eigenvalue weighted by molar-refractivity contribution is 7.10. The Labute approximate surface area is 367 Å². The summed E-state index contributed by atoms with van der Waals surface area (Å²) in [5.74, 6) is 0. The molecule has 6 nitrogen and oxygen atoms in total. The van der Waals surface area contributed by atoms with Gasteiger partial charge in [0.15, 0.2) is 0 Å². The second-order valence-electron chi connectivity index (χ2n) is 14.9. The van der Waals surface area contributed by atoms with E-state index < -0.39 is 0 Å². The fourth-order valence-electron chi connectivity index (χ4n) is 8.54. The number of hydrogen-bond donors (Lipinski definition) is 6. The van der Waals surface area contributed by atoms with Crippen LogP contribution in [0, 0.1) is 0 Å². The summed E-state index contributed by atoms with van der Waals surface area (Å²) in [7, 11) is 0. The molecule has 1 aliphatic rings. The van der Waals surface area contributed by atoms with Gasteiger partial charge in [0, 0.05) is 200 Å². The van der Waals surface area contributed by atoms with Crippen LogP contribution in [0.2, 0.25) is 0 Å². The summed E-state index contributed by atoms with van der Waals surface area (Å²) >= 11 is 10.4. The lowest BCUT2D eigenvalue weighted by molar-refractivity contribution is 1.36. The molecule has 0 unspecified atom stereocenters. The Balaban J connectivity index is 0.946. The predicted octanol–water partition coefficient (Wildman–Crippen LogP) is 16.3. The third-order valence-electron chi connectivity index (χ3n) is 11.6. The van der Waals surface area contributed by atoms with Gasteiger partial charge in [-0.05, 0) is 72.8 Å². The molecule has 288 valence electrons. The lowest BCUT2D eigenvalue weighted by Gasteiger charge is -2.05. The molecule has 0 aromatic carbocycles. The van der Waals surface area contributed by atoms with Gasteiger partial charge in [-0.1, -0.05) is 0 Å². The van der Waals surface area contributed by atoms with Crippen LogP contribution in [0.15, 0.2) is 137 Å². The van der Waals surface area contributed by atoms with Crippen LogP contribution in [0.25, 0.3) is 135 Å². The maximum absolute atomic E-state index is 3.79. The molecule has 0 spiro atoms. The standard InChI is InChI=1S/C48H30N6S6/c1-2-38-27-15-56-16-28(27)40-5-6-42(51-40)31-19-58-20-32(31)44-9-10-46(53-44)35-23-60-24-36(35)48-12-11-47(54-48)34-22-59-21-33(34)45-8-7-43(52-45)30-18-57-17-29(30)41-4-3-39(50-41)26-14-55-13-25(26)37(1)49-38/h1-24,49-54H. The van der Waals surface area contributed by atoms with Crippen molar-refractivity contribution in [3.05, 3.63) is 137 Å². The van der Waals surface area contributed by atoms with Crippen LogP contribution in [-0.2, 0) is 0 Å². The molecular formula is C48H30N6S6. The first-order valence-electron chi connectivity index (χ1n) is 19.3. The Bertz CT molecular complexity index is 2700. The van der Waals surface area contributed by atoms with Gasteiger partial charge < -0.3 is 29.9 Å². The van der Waals surface area contributed by atoms with Crippen molar-refractivity contribution in [2.45, 2.75) is 0 Å². The summed E-state index contributed by atoms with van der Waals surface area (Å²) in [5.41, 5.74) is 27.4. The van der Waals surface area contributed by atoms with E-state index in [0.29, 0.717) is 0 Å². The summed E-state index contributed by atoms with van der Waals surface area (Å²) in [6.45, 7) is 0. The van der Waals surface area contributed by atoms with E-state index in [1.165, 1.54) is 66.8 Å². The number of nitrogens with one attached hydrogen (secondary N) is 6. The molecule has 6 N–H and O–H groups in total. The summed E-state index contributed by atoms with van der Waals surface area (Å²) in [6, 6.07) is 26.5. The molecule has 0 atom stereocenters. The summed E-state index contributed by atoms with van der Waals surface area (Å²) in [4.78, 5) is 22.8. The predicted molar refractivity (Wildman–Crippen MR) is 259 cm³/mol. The molecule has 12 aromatic rings. The van der Waals surface area contributed by atoms with E-state index >= 15 is 0 Å². The summed E-state index contributed by atoms with van der Waals surface area (Å²) in [6.07, 6.45) is 0. The first-order chi connectivity index (χ1) is 29.7. The minimum absolute atomic E-state index is 1.10.